The van der Waals surface area contributed by atoms with E-state index in [2.05, 4.69) is 15.0 Å². The van der Waals surface area contributed by atoms with Crippen molar-refractivity contribution in [1.82, 2.24) is 19.5 Å². The van der Waals surface area contributed by atoms with Gasteiger partial charge in [-0.3, -0.25) is 4.57 Å². The van der Waals surface area contributed by atoms with E-state index in [1.165, 1.54) is 12.5 Å². The van der Waals surface area contributed by atoms with Gasteiger partial charge in [0.2, 0.25) is 5.95 Å². The summed E-state index contributed by atoms with van der Waals surface area (Å²) in [7, 11) is 0. The number of nitrogens with zero attached hydrogens (tertiary/aromatic N) is 4. The Morgan fingerprint density at radius 3 is 2.85 bits per heavy atom. The second-order valence-electron chi connectivity index (χ2n) is 5.23. The molecule has 3 rings (SSSR count). The first-order chi connectivity index (χ1) is 12.7. The van der Waals surface area contributed by atoms with Crippen LogP contribution in [0.5, 0.6) is 5.75 Å². The van der Waals surface area contributed by atoms with Gasteiger partial charge >= 0.3 is 6.16 Å². The van der Waals surface area contributed by atoms with E-state index >= 15 is 0 Å². The number of nitrogen functional groups attached to an aromatic ring is 1. The first-order valence-corrected chi connectivity index (χ1v) is 7.71. The molecule has 0 aliphatic rings. The van der Waals surface area contributed by atoms with Crippen LogP contribution in [0.1, 0.15) is 0 Å². The highest BCUT2D eigenvalue weighted by molar-refractivity contribution is 5.70. The number of aliphatic hydroxyl groups is 1. The zero-order valence-corrected chi connectivity index (χ0v) is 13.7. The minimum atomic E-state index is -0.883. The summed E-state index contributed by atoms with van der Waals surface area (Å²) in [5.74, 6) is 0.478. The number of anilines is 1. The quantitative estimate of drug-likeness (QED) is 0.467. The normalized spacial score (nSPS) is 12.0. The molecular formula is C16H17N5O5. The number of aliphatic hydroxyl groups excluding tert-OH is 1. The third kappa shape index (κ3) is 4.43. The van der Waals surface area contributed by atoms with E-state index in [4.69, 9.17) is 19.9 Å². The topological polar surface area (TPSA) is 135 Å². The molecule has 136 valence electrons. The lowest BCUT2D eigenvalue weighted by molar-refractivity contribution is -0.0565. The Hall–Kier alpha value is -3.24. The summed E-state index contributed by atoms with van der Waals surface area (Å²) in [6, 6.07) is 8.51. The minimum absolute atomic E-state index is 0.0370. The van der Waals surface area contributed by atoms with Crippen LogP contribution >= 0.6 is 0 Å². The summed E-state index contributed by atoms with van der Waals surface area (Å²) < 4.78 is 17.1. The smallest absolute Gasteiger partial charge is 0.431 e. The van der Waals surface area contributed by atoms with E-state index in [1.54, 1.807) is 34.9 Å². The molecule has 0 saturated carbocycles. The Bertz CT molecular complexity index is 870. The number of hydrogen-bond donors (Lipinski definition) is 2. The van der Waals surface area contributed by atoms with Crippen LogP contribution < -0.4 is 10.5 Å². The second kappa shape index (κ2) is 8.23. The molecule has 10 heteroatoms. The lowest BCUT2D eigenvalue weighted by Gasteiger charge is -2.16. The summed E-state index contributed by atoms with van der Waals surface area (Å²) in [4.78, 5) is 23.7. The van der Waals surface area contributed by atoms with Gasteiger partial charge in [-0.1, -0.05) is 18.2 Å². The van der Waals surface area contributed by atoms with Crippen LogP contribution in [0.25, 0.3) is 11.2 Å². The number of benzene rings is 1. The zero-order chi connectivity index (χ0) is 18.4. The standard InChI is InChI=1S/C16H17N5O5/c17-15-18-6-13-14(20-15)21(9-19-13)10-25-12(7-22)8-24-16(23)26-11-4-2-1-3-5-11/h1-6,9,12,22H,7-8,10H2,(H2,17,18,20). The van der Waals surface area contributed by atoms with Crippen molar-refractivity contribution in [3.63, 3.8) is 0 Å². The molecule has 1 unspecified atom stereocenters. The molecule has 3 N–H and O–H groups in total. The largest absolute Gasteiger partial charge is 0.513 e. The maximum Gasteiger partial charge on any atom is 0.513 e. The van der Waals surface area contributed by atoms with Gasteiger partial charge in [-0.25, -0.2) is 14.8 Å². The first kappa shape index (κ1) is 17.6. The SMILES string of the molecule is Nc1ncc2ncn(COC(CO)COC(=O)Oc3ccccc3)c2n1. The molecule has 0 amide bonds. The molecule has 2 heterocycles. The Morgan fingerprint density at radius 1 is 1.27 bits per heavy atom. The van der Waals surface area contributed by atoms with Gasteiger partial charge in [0, 0.05) is 0 Å². The van der Waals surface area contributed by atoms with Crippen molar-refractivity contribution in [2.75, 3.05) is 18.9 Å². The highest BCUT2D eigenvalue weighted by Gasteiger charge is 2.14. The van der Waals surface area contributed by atoms with Crippen LogP contribution in [0.2, 0.25) is 0 Å². The molecule has 0 aliphatic carbocycles. The summed E-state index contributed by atoms with van der Waals surface area (Å²) in [6.07, 6.45) is 1.39. The van der Waals surface area contributed by atoms with E-state index in [1.807, 2.05) is 0 Å². The Balaban J connectivity index is 1.51. The number of fused-ring (bicyclic) bond motifs is 1. The summed E-state index contributed by atoms with van der Waals surface area (Å²) >= 11 is 0. The fraction of sp³-hybridized carbons (Fsp3) is 0.250. The molecule has 0 fully saturated rings. The fourth-order valence-corrected chi connectivity index (χ4v) is 2.08. The van der Waals surface area contributed by atoms with Crippen molar-refractivity contribution >= 4 is 23.3 Å². The molecule has 0 radical (unpaired) electrons. The highest BCUT2D eigenvalue weighted by Crippen LogP contribution is 2.11. The number of rotatable bonds is 7. The van der Waals surface area contributed by atoms with Crippen LogP contribution in [0, 0.1) is 0 Å². The molecule has 10 nitrogen and oxygen atoms in total. The zero-order valence-electron chi connectivity index (χ0n) is 13.7. The van der Waals surface area contributed by atoms with Crippen LogP contribution in [-0.2, 0) is 16.2 Å². The lowest BCUT2D eigenvalue weighted by atomic mass is 10.3. The van der Waals surface area contributed by atoms with E-state index in [9.17, 15) is 9.90 Å². The van der Waals surface area contributed by atoms with E-state index in [0.717, 1.165) is 0 Å². The first-order valence-electron chi connectivity index (χ1n) is 7.71. The molecule has 2 aromatic heterocycles. The Kier molecular flexibility index (Phi) is 5.56. The average Bonchev–Trinajstić information content (AvgIpc) is 3.05. The summed E-state index contributed by atoms with van der Waals surface area (Å²) in [5.41, 5.74) is 6.62. The maximum absolute atomic E-state index is 11.7. The fourth-order valence-electron chi connectivity index (χ4n) is 2.08. The van der Waals surface area contributed by atoms with Crippen molar-refractivity contribution in [3.8, 4) is 5.75 Å². The number of aromatic nitrogens is 4. The van der Waals surface area contributed by atoms with Crippen LogP contribution in [0.15, 0.2) is 42.9 Å². The monoisotopic (exact) mass is 359 g/mol. The van der Waals surface area contributed by atoms with Gasteiger partial charge in [0.05, 0.1) is 19.1 Å². The van der Waals surface area contributed by atoms with E-state index in [-0.39, 0.29) is 25.9 Å². The number of nitrogens with two attached hydrogens (primary N) is 1. The van der Waals surface area contributed by atoms with Crippen molar-refractivity contribution in [2.24, 2.45) is 0 Å². The Labute approximate surface area is 148 Å². The van der Waals surface area contributed by atoms with Gasteiger partial charge < -0.3 is 25.1 Å². The van der Waals surface area contributed by atoms with Gasteiger partial charge in [0.1, 0.15) is 30.7 Å². The predicted octanol–water partition coefficient (Wildman–Crippen LogP) is 0.959. The van der Waals surface area contributed by atoms with Crippen molar-refractivity contribution in [1.29, 1.82) is 0 Å². The molecule has 26 heavy (non-hydrogen) atoms. The molecule has 1 atom stereocenters. The van der Waals surface area contributed by atoms with Crippen molar-refractivity contribution in [2.45, 2.75) is 12.8 Å². The Morgan fingerprint density at radius 2 is 2.08 bits per heavy atom. The maximum atomic E-state index is 11.7. The average molecular weight is 359 g/mol. The number of hydrogen-bond acceptors (Lipinski definition) is 9. The number of para-hydroxylation sites is 1. The van der Waals surface area contributed by atoms with E-state index in [0.29, 0.717) is 16.9 Å². The van der Waals surface area contributed by atoms with Gasteiger partial charge in [0.15, 0.2) is 5.65 Å². The predicted molar refractivity (Wildman–Crippen MR) is 90.1 cm³/mol. The van der Waals surface area contributed by atoms with Crippen molar-refractivity contribution < 1.29 is 24.1 Å². The highest BCUT2D eigenvalue weighted by atomic mass is 16.7. The van der Waals surface area contributed by atoms with Gasteiger partial charge in [-0.15, -0.1) is 0 Å². The minimum Gasteiger partial charge on any atom is -0.431 e. The molecule has 1 aromatic carbocycles. The number of carbonyl (C=O) groups excluding carboxylic acids is 1. The molecular weight excluding hydrogens is 342 g/mol. The molecule has 0 saturated heterocycles. The second-order valence-corrected chi connectivity index (χ2v) is 5.23. The summed E-state index contributed by atoms with van der Waals surface area (Å²) in [6.45, 7) is -0.483. The van der Waals surface area contributed by atoms with Crippen molar-refractivity contribution in [3.05, 3.63) is 42.9 Å². The number of ether oxygens (including phenoxy) is 3. The summed E-state index contributed by atoms with van der Waals surface area (Å²) in [5, 5.41) is 9.39. The van der Waals surface area contributed by atoms with Gasteiger partial charge in [-0.05, 0) is 12.1 Å². The van der Waals surface area contributed by atoms with Crippen LogP contribution in [-0.4, -0.2) is 50.1 Å². The van der Waals surface area contributed by atoms with Crippen LogP contribution in [0.3, 0.4) is 0 Å². The third-order valence-corrected chi connectivity index (χ3v) is 3.36. The number of imidazole rings is 1. The molecule has 0 spiro atoms. The van der Waals surface area contributed by atoms with E-state index < -0.39 is 12.3 Å². The number of carbonyl (C=O) groups is 1. The third-order valence-electron chi connectivity index (χ3n) is 3.36. The van der Waals surface area contributed by atoms with Crippen LogP contribution in [0.4, 0.5) is 10.7 Å². The molecule has 0 bridgehead atoms. The lowest BCUT2D eigenvalue weighted by Crippen LogP contribution is -2.27. The van der Waals surface area contributed by atoms with Gasteiger partial charge in [-0.2, -0.15) is 4.98 Å². The van der Waals surface area contributed by atoms with Gasteiger partial charge in [0.25, 0.3) is 0 Å². The molecule has 0 aliphatic heterocycles. The molecule has 3 aromatic rings.